The van der Waals surface area contributed by atoms with Gasteiger partial charge in [-0.25, -0.2) is 0 Å². The van der Waals surface area contributed by atoms with E-state index in [0.717, 1.165) is 6.17 Å². The van der Waals surface area contributed by atoms with Crippen LogP contribution in [0, 0.1) is 10.8 Å². The standard InChI is InChI=1S/C11H20N2O/c1-8-12-4-10(2)5-13(8)7-11(3,6-12)9(10)14/h8-9,14H,4-7H2,1-3H3/p+2. The van der Waals surface area contributed by atoms with Crippen LogP contribution in [0.3, 0.4) is 0 Å². The Morgan fingerprint density at radius 1 is 1.00 bits per heavy atom. The van der Waals surface area contributed by atoms with E-state index in [1.807, 2.05) is 0 Å². The maximum absolute atomic E-state index is 10.4. The number of aliphatic hydroxyl groups excluding tert-OH is 1. The lowest BCUT2D eigenvalue weighted by Gasteiger charge is -2.62. The van der Waals surface area contributed by atoms with Crippen molar-refractivity contribution in [3.63, 3.8) is 0 Å². The van der Waals surface area contributed by atoms with Gasteiger partial charge in [-0.3, -0.25) is 9.80 Å². The molecule has 0 aromatic heterocycles. The van der Waals surface area contributed by atoms with Crippen LogP contribution in [0.2, 0.25) is 0 Å². The summed E-state index contributed by atoms with van der Waals surface area (Å²) in [7, 11) is 0. The second-order valence-corrected chi connectivity index (χ2v) is 6.46. The molecule has 0 unspecified atom stereocenters. The minimum Gasteiger partial charge on any atom is -0.391 e. The van der Waals surface area contributed by atoms with E-state index >= 15 is 0 Å². The fourth-order valence-corrected chi connectivity index (χ4v) is 4.45. The van der Waals surface area contributed by atoms with Crippen molar-refractivity contribution < 1.29 is 14.9 Å². The SMILES string of the molecule is CC1[NH+]2CC3(C)C[NH+]1CC(C)(C2)C3O. The molecule has 3 heteroatoms. The van der Waals surface area contributed by atoms with E-state index in [2.05, 4.69) is 20.8 Å². The summed E-state index contributed by atoms with van der Waals surface area (Å²) in [5, 5.41) is 10.4. The first kappa shape index (κ1) is 9.13. The third-order valence-electron chi connectivity index (χ3n) is 5.07. The molecule has 0 spiro atoms. The van der Waals surface area contributed by atoms with Crippen LogP contribution in [-0.2, 0) is 0 Å². The van der Waals surface area contributed by atoms with Crippen LogP contribution < -0.4 is 9.80 Å². The zero-order valence-corrected chi connectivity index (χ0v) is 9.43. The number of nitrogens with one attached hydrogen (secondary N) is 2. The van der Waals surface area contributed by atoms with E-state index in [1.165, 1.54) is 26.2 Å². The molecule has 4 aliphatic heterocycles. The Morgan fingerprint density at radius 3 is 1.71 bits per heavy atom. The van der Waals surface area contributed by atoms with Crippen LogP contribution in [0.1, 0.15) is 20.8 Å². The summed E-state index contributed by atoms with van der Waals surface area (Å²) < 4.78 is 0. The Hall–Kier alpha value is -0.120. The van der Waals surface area contributed by atoms with Crippen LogP contribution in [0.4, 0.5) is 0 Å². The molecule has 0 aromatic carbocycles. The van der Waals surface area contributed by atoms with Crippen LogP contribution in [0.5, 0.6) is 0 Å². The molecule has 0 amide bonds. The van der Waals surface area contributed by atoms with Crippen molar-refractivity contribution in [2.45, 2.75) is 33.0 Å². The predicted molar refractivity (Wildman–Crippen MR) is 53.1 cm³/mol. The summed E-state index contributed by atoms with van der Waals surface area (Å²) in [4.78, 5) is 3.43. The molecule has 4 saturated heterocycles. The number of hydrogen-bond donors (Lipinski definition) is 3. The molecule has 3 nitrogen and oxygen atoms in total. The first-order valence-electron chi connectivity index (χ1n) is 5.82. The first-order valence-corrected chi connectivity index (χ1v) is 5.82. The zero-order valence-electron chi connectivity index (χ0n) is 9.43. The molecule has 4 aliphatic rings. The van der Waals surface area contributed by atoms with E-state index in [1.54, 1.807) is 9.80 Å². The monoisotopic (exact) mass is 198 g/mol. The normalized spacial score (nSPS) is 66.0. The maximum Gasteiger partial charge on any atom is 0.210 e. The molecule has 0 aromatic rings. The Morgan fingerprint density at radius 2 is 1.36 bits per heavy atom. The minimum atomic E-state index is -0.0741. The third kappa shape index (κ3) is 0.884. The summed E-state index contributed by atoms with van der Waals surface area (Å²) in [6.45, 7) is 11.6. The lowest BCUT2D eigenvalue weighted by molar-refractivity contribution is -1.17. The average molecular weight is 198 g/mol. The Kier molecular flexibility index (Phi) is 1.53. The van der Waals surface area contributed by atoms with Gasteiger partial charge in [0.25, 0.3) is 0 Å². The van der Waals surface area contributed by atoms with Crippen molar-refractivity contribution in [1.82, 2.24) is 0 Å². The van der Waals surface area contributed by atoms with Crippen molar-refractivity contribution in [3.8, 4) is 0 Å². The van der Waals surface area contributed by atoms with Gasteiger partial charge < -0.3 is 5.11 Å². The van der Waals surface area contributed by atoms with Gasteiger partial charge in [0.1, 0.15) is 0 Å². The molecule has 14 heavy (non-hydrogen) atoms. The van der Waals surface area contributed by atoms with Crippen LogP contribution in [0.15, 0.2) is 0 Å². The molecule has 80 valence electrons. The third-order valence-corrected chi connectivity index (χ3v) is 5.07. The minimum absolute atomic E-state index is 0.0741. The quantitative estimate of drug-likeness (QED) is 0.395. The molecule has 4 fully saturated rings. The summed E-state index contributed by atoms with van der Waals surface area (Å²) >= 11 is 0. The molecule has 0 saturated carbocycles. The molecular formula is C11H22N2O+2. The molecule has 0 atom stereocenters. The average Bonchev–Trinajstić information content (AvgIpc) is 2.07. The van der Waals surface area contributed by atoms with Crippen LogP contribution >= 0.6 is 0 Å². The molecule has 3 N–H and O–H groups in total. The topological polar surface area (TPSA) is 29.1 Å². The van der Waals surface area contributed by atoms with Crippen LogP contribution in [-0.4, -0.2) is 43.6 Å². The van der Waals surface area contributed by atoms with Gasteiger partial charge in [-0.15, -0.1) is 0 Å². The van der Waals surface area contributed by atoms with Gasteiger partial charge in [0.15, 0.2) is 0 Å². The summed E-state index contributed by atoms with van der Waals surface area (Å²) in [5.74, 6) is 0. The number of rotatable bonds is 0. The second-order valence-electron chi connectivity index (χ2n) is 6.46. The highest BCUT2D eigenvalue weighted by molar-refractivity contribution is 5.00. The van der Waals surface area contributed by atoms with Gasteiger partial charge >= 0.3 is 0 Å². The molecular weight excluding hydrogens is 176 g/mol. The predicted octanol–water partition coefficient (Wildman–Crippen LogP) is -2.48. The fourth-order valence-electron chi connectivity index (χ4n) is 4.45. The van der Waals surface area contributed by atoms with E-state index in [4.69, 9.17) is 0 Å². The van der Waals surface area contributed by atoms with Crippen LogP contribution in [0.25, 0.3) is 0 Å². The van der Waals surface area contributed by atoms with Gasteiger partial charge in [0.2, 0.25) is 6.17 Å². The Balaban J connectivity index is 2.03. The van der Waals surface area contributed by atoms with E-state index in [9.17, 15) is 5.11 Å². The lowest BCUT2D eigenvalue weighted by Crippen LogP contribution is -3.44. The maximum atomic E-state index is 10.4. The Labute approximate surface area is 85.7 Å². The zero-order chi connectivity index (χ0) is 10.1. The van der Waals surface area contributed by atoms with Crippen molar-refractivity contribution >= 4 is 0 Å². The molecule has 4 heterocycles. The first-order chi connectivity index (χ1) is 6.45. The Bertz CT molecular complexity index is 240. The van der Waals surface area contributed by atoms with Crippen molar-refractivity contribution in [1.29, 1.82) is 0 Å². The van der Waals surface area contributed by atoms with Gasteiger partial charge in [-0.05, 0) is 13.8 Å². The molecule has 4 bridgehead atoms. The van der Waals surface area contributed by atoms with Gasteiger partial charge in [0, 0.05) is 6.92 Å². The van der Waals surface area contributed by atoms with Gasteiger partial charge in [0.05, 0.1) is 43.1 Å². The number of aliphatic hydroxyl groups is 1. The highest BCUT2D eigenvalue weighted by Crippen LogP contribution is 2.38. The molecule has 0 aliphatic carbocycles. The number of hydrogen-bond acceptors (Lipinski definition) is 1. The van der Waals surface area contributed by atoms with E-state index in [-0.39, 0.29) is 16.9 Å². The van der Waals surface area contributed by atoms with E-state index in [0.29, 0.717) is 0 Å². The van der Waals surface area contributed by atoms with Crippen molar-refractivity contribution in [2.75, 3.05) is 26.2 Å². The van der Waals surface area contributed by atoms with Crippen molar-refractivity contribution in [3.05, 3.63) is 0 Å². The smallest absolute Gasteiger partial charge is 0.210 e. The van der Waals surface area contributed by atoms with Gasteiger partial charge in [-0.1, -0.05) is 0 Å². The fraction of sp³-hybridized carbons (Fsp3) is 1.00. The van der Waals surface area contributed by atoms with Crippen molar-refractivity contribution in [2.24, 2.45) is 10.8 Å². The second kappa shape index (κ2) is 2.34. The lowest BCUT2D eigenvalue weighted by atomic mass is 9.61. The summed E-state index contributed by atoms with van der Waals surface area (Å²) in [6, 6.07) is 0. The number of quaternary nitrogens is 2. The highest BCUT2D eigenvalue weighted by atomic mass is 16.3. The van der Waals surface area contributed by atoms with E-state index < -0.39 is 0 Å². The summed E-state index contributed by atoms with van der Waals surface area (Å²) in [6.07, 6.45) is 0.679. The molecule has 0 radical (unpaired) electrons. The van der Waals surface area contributed by atoms with Gasteiger partial charge in [-0.2, -0.15) is 0 Å². The summed E-state index contributed by atoms with van der Waals surface area (Å²) in [5.41, 5.74) is 0.366. The largest absolute Gasteiger partial charge is 0.391 e. The molecule has 4 rings (SSSR count). The number of piperidine rings is 2. The highest BCUT2D eigenvalue weighted by Gasteiger charge is 2.66.